The van der Waals surface area contributed by atoms with Crippen LogP contribution in [0, 0.1) is 0 Å². The molecule has 0 aliphatic rings. The number of hydrogen-bond donors (Lipinski definition) is 0. The molecule has 1 nitrogen and oxygen atoms in total. The van der Waals surface area contributed by atoms with E-state index in [1.165, 1.54) is 75.4 Å². The maximum absolute atomic E-state index is 4.41. The van der Waals surface area contributed by atoms with Gasteiger partial charge in [-0.05, 0) is 88.2 Å². The topological polar surface area (TPSA) is 12.9 Å². The first-order chi connectivity index (χ1) is 12.9. The molecule has 1 aromatic heterocycles. The average molecular weight is 325 g/mol. The quantitative estimate of drug-likeness (QED) is 0.276. The van der Waals surface area contributed by atoms with Crippen molar-refractivity contribution in [1.29, 1.82) is 0 Å². The molecule has 116 valence electrons. The summed E-state index contributed by atoms with van der Waals surface area (Å²) in [5, 5.41) is 19.4. The second kappa shape index (κ2) is 3.56. The summed E-state index contributed by atoms with van der Waals surface area (Å²) in [5.74, 6) is 0. The Bertz CT molecular complexity index is 1650. The van der Waals surface area contributed by atoms with Gasteiger partial charge in [-0.1, -0.05) is 36.4 Å². The Morgan fingerprint density at radius 3 is 1.62 bits per heavy atom. The van der Waals surface area contributed by atoms with E-state index in [0.29, 0.717) is 0 Å². The highest BCUT2D eigenvalue weighted by Gasteiger charge is 2.24. The first-order valence-electron chi connectivity index (χ1n) is 9.06. The zero-order chi connectivity index (χ0) is 16.6. The van der Waals surface area contributed by atoms with Gasteiger partial charge in [-0.15, -0.1) is 0 Å². The fourth-order valence-corrected chi connectivity index (χ4v) is 5.56. The van der Waals surface area contributed by atoms with Gasteiger partial charge in [-0.2, -0.15) is 0 Å². The number of nitrogens with zero attached hydrogens (tertiary/aromatic N) is 1. The lowest BCUT2D eigenvalue weighted by atomic mass is 9.97. The van der Waals surface area contributed by atoms with Crippen LogP contribution in [0.3, 0.4) is 0 Å². The highest BCUT2D eigenvalue weighted by atomic mass is 14.6. The maximum Gasteiger partial charge on any atom is 0.0352 e. The van der Waals surface area contributed by atoms with Gasteiger partial charge in [0.05, 0.1) is 0 Å². The maximum atomic E-state index is 4.41. The van der Waals surface area contributed by atoms with Crippen molar-refractivity contribution in [2.24, 2.45) is 0 Å². The van der Waals surface area contributed by atoms with Crippen LogP contribution in [0.15, 0.2) is 67.0 Å². The predicted octanol–water partition coefficient (Wildman–Crippen LogP) is 6.91. The Morgan fingerprint density at radius 1 is 0.423 bits per heavy atom. The predicted molar refractivity (Wildman–Crippen MR) is 112 cm³/mol. The van der Waals surface area contributed by atoms with Crippen LogP contribution in [0.25, 0.3) is 75.4 Å². The third kappa shape index (κ3) is 1.05. The summed E-state index contributed by atoms with van der Waals surface area (Å²) in [6.07, 6.45) is 3.94. The molecule has 0 N–H and O–H groups in total. The molecule has 1 heterocycles. The Morgan fingerprint density at radius 2 is 0.962 bits per heavy atom. The Hall–Kier alpha value is -3.45. The summed E-state index contributed by atoms with van der Waals surface area (Å²) in [7, 11) is 0. The van der Waals surface area contributed by atoms with Crippen LogP contribution in [-0.4, -0.2) is 4.98 Å². The van der Waals surface area contributed by atoms with Crippen molar-refractivity contribution in [3.63, 3.8) is 0 Å². The van der Waals surface area contributed by atoms with Gasteiger partial charge in [0.1, 0.15) is 0 Å². The normalized spacial score (nSPS) is 13.4. The number of rotatable bonds is 0. The van der Waals surface area contributed by atoms with E-state index >= 15 is 0 Å². The minimum Gasteiger partial charge on any atom is -0.264 e. The van der Waals surface area contributed by atoms with E-state index in [4.69, 9.17) is 0 Å². The minimum atomic E-state index is 1.27. The van der Waals surface area contributed by atoms with E-state index < -0.39 is 0 Å². The van der Waals surface area contributed by atoms with Crippen molar-refractivity contribution in [2.75, 3.05) is 0 Å². The standard InChI is InChI=1S/C25H11N/c1-2-13-4-6-15-10-18-19-11-26-8-7-16(19)17-9-14-5-3-12(1)20-21(13)23(15)25(22(14)20)24(17)18/h1-11H. The molecule has 8 rings (SSSR count). The Balaban J connectivity index is 1.96. The molecule has 0 spiro atoms. The molecule has 26 heavy (non-hydrogen) atoms. The lowest BCUT2D eigenvalue weighted by Gasteiger charge is -2.06. The van der Waals surface area contributed by atoms with E-state index in [-0.39, 0.29) is 0 Å². The van der Waals surface area contributed by atoms with Gasteiger partial charge in [0, 0.05) is 17.8 Å². The van der Waals surface area contributed by atoms with Crippen LogP contribution in [0.5, 0.6) is 0 Å². The summed E-state index contributed by atoms with van der Waals surface area (Å²) in [5.41, 5.74) is 0. The van der Waals surface area contributed by atoms with Gasteiger partial charge in [0.25, 0.3) is 0 Å². The Kier molecular flexibility index (Phi) is 1.64. The third-order valence-electron chi connectivity index (χ3n) is 6.52. The highest BCUT2D eigenvalue weighted by molar-refractivity contribution is 6.50. The molecule has 7 aromatic carbocycles. The van der Waals surface area contributed by atoms with E-state index in [0.717, 1.165) is 0 Å². The zero-order valence-corrected chi connectivity index (χ0v) is 13.8. The summed E-state index contributed by atoms with van der Waals surface area (Å²) >= 11 is 0. The van der Waals surface area contributed by atoms with Crippen molar-refractivity contribution in [1.82, 2.24) is 4.98 Å². The van der Waals surface area contributed by atoms with Crippen LogP contribution >= 0.6 is 0 Å². The smallest absolute Gasteiger partial charge is 0.0352 e. The lowest BCUT2D eigenvalue weighted by Crippen LogP contribution is -1.77. The fraction of sp³-hybridized carbons (Fsp3) is 0. The fourth-order valence-electron chi connectivity index (χ4n) is 5.56. The van der Waals surface area contributed by atoms with Gasteiger partial charge in [0.2, 0.25) is 0 Å². The summed E-state index contributed by atoms with van der Waals surface area (Å²) in [6, 6.07) is 20.6. The van der Waals surface area contributed by atoms with Crippen LogP contribution in [0.2, 0.25) is 0 Å². The molecule has 0 bridgehead atoms. The molecule has 0 fully saturated rings. The zero-order valence-electron chi connectivity index (χ0n) is 13.8. The van der Waals surface area contributed by atoms with E-state index in [9.17, 15) is 0 Å². The average Bonchev–Trinajstić information content (AvgIpc) is 3.21. The monoisotopic (exact) mass is 325 g/mol. The number of benzene rings is 5. The second-order valence-corrected chi connectivity index (χ2v) is 7.61. The van der Waals surface area contributed by atoms with Gasteiger partial charge < -0.3 is 0 Å². The highest BCUT2D eigenvalue weighted by Crippen LogP contribution is 2.52. The van der Waals surface area contributed by atoms with E-state index in [1.807, 2.05) is 12.4 Å². The summed E-state index contributed by atoms with van der Waals surface area (Å²) < 4.78 is 0. The molecular weight excluding hydrogens is 314 g/mol. The molecule has 0 saturated carbocycles. The molecule has 0 amide bonds. The molecule has 0 aliphatic heterocycles. The van der Waals surface area contributed by atoms with Crippen molar-refractivity contribution < 1.29 is 0 Å². The van der Waals surface area contributed by atoms with Crippen LogP contribution in [-0.2, 0) is 0 Å². The molecule has 0 aliphatic carbocycles. The van der Waals surface area contributed by atoms with Gasteiger partial charge in [-0.25, -0.2) is 0 Å². The first-order valence-corrected chi connectivity index (χ1v) is 9.06. The van der Waals surface area contributed by atoms with Crippen LogP contribution in [0.4, 0.5) is 0 Å². The molecule has 8 aromatic rings. The van der Waals surface area contributed by atoms with Gasteiger partial charge in [0.15, 0.2) is 0 Å². The first kappa shape index (κ1) is 12.0. The number of fused-ring (bicyclic) bond motifs is 3. The van der Waals surface area contributed by atoms with Gasteiger partial charge in [-0.3, -0.25) is 4.98 Å². The number of pyridine rings is 1. The van der Waals surface area contributed by atoms with Crippen molar-refractivity contribution in [2.45, 2.75) is 0 Å². The largest absolute Gasteiger partial charge is 0.264 e. The molecule has 0 atom stereocenters. The number of aromatic nitrogens is 1. The van der Waals surface area contributed by atoms with Crippen LogP contribution in [0.1, 0.15) is 0 Å². The molecular formula is C25H11N. The van der Waals surface area contributed by atoms with Crippen molar-refractivity contribution in [3.05, 3.63) is 67.0 Å². The summed E-state index contributed by atoms with van der Waals surface area (Å²) in [6.45, 7) is 0. The van der Waals surface area contributed by atoms with E-state index in [2.05, 4.69) is 59.6 Å². The van der Waals surface area contributed by atoms with Crippen LogP contribution < -0.4 is 0 Å². The second-order valence-electron chi connectivity index (χ2n) is 7.61. The third-order valence-corrected chi connectivity index (χ3v) is 6.52. The van der Waals surface area contributed by atoms with Crippen molar-refractivity contribution >= 4 is 75.4 Å². The van der Waals surface area contributed by atoms with Gasteiger partial charge >= 0.3 is 0 Å². The Labute approximate surface area is 147 Å². The molecule has 0 unspecified atom stereocenters. The number of hydrogen-bond acceptors (Lipinski definition) is 1. The molecule has 0 radical (unpaired) electrons. The SMILES string of the molecule is c1cc2c(cn1)c1cc3ccc4ccc5ccc6cc2c1c1c6c5c4c31. The van der Waals surface area contributed by atoms with Crippen molar-refractivity contribution in [3.8, 4) is 0 Å². The minimum absolute atomic E-state index is 1.27. The lowest BCUT2D eigenvalue weighted by molar-refractivity contribution is 1.37. The molecule has 0 saturated heterocycles. The summed E-state index contributed by atoms with van der Waals surface area (Å²) in [4.78, 5) is 4.41. The molecule has 1 heteroatoms. The van der Waals surface area contributed by atoms with E-state index in [1.54, 1.807) is 0 Å².